The van der Waals surface area contributed by atoms with Crippen molar-refractivity contribution in [2.24, 2.45) is 5.92 Å². The quantitative estimate of drug-likeness (QED) is 0.180. The summed E-state index contributed by atoms with van der Waals surface area (Å²) in [4.78, 5) is 47.0. The van der Waals surface area contributed by atoms with Crippen LogP contribution in [-0.2, 0) is 21.0 Å². The molecule has 2 aliphatic heterocycles. The molecule has 2 aliphatic rings. The number of halogens is 1. The molecule has 6 rings (SSSR count). The van der Waals surface area contributed by atoms with Crippen molar-refractivity contribution in [1.29, 1.82) is 0 Å². The number of rotatable bonds is 6. The van der Waals surface area contributed by atoms with Gasteiger partial charge in [0.2, 0.25) is 5.91 Å². The summed E-state index contributed by atoms with van der Waals surface area (Å²) in [5.74, 6) is -1.53. The second kappa shape index (κ2) is 10.4. The Morgan fingerprint density at radius 2 is 1.44 bits per heavy atom. The predicted molar refractivity (Wildman–Crippen MR) is 145 cm³/mol. The molecule has 0 radical (unpaired) electrons. The van der Waals surface area contributed by atoms with Gasteiger partial charge in [0.05, 0.1) is 23.8 Å². The summed E-state index contributed by atoms with van der Waals surface area (Å²) in [6.07, 6.45) is -0.961. The lowest BCUT2D eigenvalue weighted by molar-refractivity contribution is -0.143. The van der Waals surface area contributed by atoms with Gasteiger partial charge in [-0.1, -0.05) is 72.3 Å². The number of nitrogens with zero attached hydrogens (tertiary/aromatic N) is 2. The van der Waals surface area contributed by atoms with Gasteiger partial charge in [-0.25, -0.2) is 9.86 Å². The number of amides is 2. The van der Waals surface area contributed by atoms with Crippen LogP contribution in [0.25, 0.3) is 0 Å². The summed E-state index contributed by atoms with van der Waals surface area (Å²) in [6.45, 7) is 0.177. The molecular formula is C31H23ClN2O5. The molecule has 2 fully saturated rings. The minimum Gasteiger partial charge on any atom is -0.423 e. The van der Waals surface area contributed by atoms with Crippen LogP contribution in [0.3, 0.4) is 0 Å². The van der Waals surface area contributed by atoms with E-state index in [-0.39, 0.29) is 18.4 Å². The van der Waals surface area contributed by atoms with Crippen molar-refractivity contribution in [2.75, 3.05) is 5.06 Å². The van der Waals surface area contributed by atoms with Gasteiger partial charge < -0.3 is 4.74 Å². The average Bonchev–Trinajstić information content (AvgIpc) is 3.47. The first-order valence-corrected chi connectivity index (χ1v) is 12.9. The van der Waals surface area contributed by atoms with Crippen LogP contribution in [0.15, 0.2) is 109 Å². The van der Waals surface area contributed by atoms with E-state index in [0.717, 1.165) is 11.1 Å². The second-order valence-electron chi connectivity index (χ2n) is 9.37. The smallest absolute Gasteiger partial charge is 0.343 e. The Hall–Kier alpha value is -4.46. The van der Waals surface area contributed by atoms with E-state index in [1.54, 1.807) is 77.9 Å². The highest BCUT2D eigenvalue weighted by Gasteiger charge is 2.59. The highest BCUT2D eigenvalue weighted by molar-refractivity contribution is 6.30. The van der Waals surface area contributed by atoms with Crippen LogP contribution in [0.2, 0.25) is 5.02 Å². The number of hydrogen-bond donors (Lipinski definition) is 0. The van der Waals surface area contributed by atoms with Crippen molar-refractivity contribution < 1.29 is 24.0 Å². The Balaban J connectivity index is 1.30. The van der Waals surface area contributed by atoms with Crippen molar-refractivity contribution in [3.05, 3.63) is 131 Å². The molecule has 0 saturated carbocycles. The number of ether oxygens (including phenoxy) is 1. The minimum absolute atomic E-state index is 0.177. The molecule has 0 aromatic heterocycles. The van der Waals surface area contributed by atoms with Gasteiger partial charge in [0, 0.05) is 5.02 Å². The summed E-state index contributed by atoms with van der Waals surface area (Å²) in [7, 11) is 0. The van der Waals surface area contributed by atoms with Gasteiger partial charge in [-0.15, -0.1) is 0 Å². The van der Waals surface area contributed by atoms with Gasteiger partial charge in [0.1, 0.15) is 11.7 Å². The normalized spacial score (nSPS) is 20.3. The Labute approximate surface area is 230 Å². The van der Waals surface area contributed by atoms with Crippen LogP contribution in [0.4, 0.5) is 5.69 Å². The molecule has 7 nitrogen and oxygen atoms in total. The van der Waals surface area contributed by atoms with Gasteiger partial charge in [-0.05, 0) is 59.7 Å². The fraction of sp³-hybridized carbons (Fsp3) is 0.129. The third-order valence-electron chi connectivity index (χ3n) is 6.91. The molecule has 2 heterocycles. The maximum Gasteiger partial charge on any atom is 0.343 e. The number of hydroxylamine groups is 1. The van der Waals surface area contributed by atoms with E-state index in [4.69, 9.17) is 21.2 Å². The molecular weight excluding hydrogens is 516 g/mol. The molecule has 0 aliphatic carbocycles. The molecule has 2 amide bonds. The Morgan fingerprint density at radius 1 is 0.795 bits per heavy atom. The zero-order valence-corrected chi connectivity index (χ0v) is 21.4. The number of esters is 1. The monoisotopic (exact) mass is 538 g/mol. The summed E-state index contributed by atoms with van der Waals surface area (Å²) < 4.78 is 5.52. The minimum atomic E-state index is -0.961. The second-order valence-corrected chi connectivity index (χ2v) is 9.81. The first-order valence-electron chi connectivity index (χ1n) is 12.5. The van der Waals surface area contributed by atoms with Crippen LogP contribution >= 0.6 is 11.6 Å². The van der Waals surface area contributed by atoms with E-state index in [1.165, 1.54) is 4.90 Å². The first kappa shape index (κ1) is 24.9. The number of anilines is 1. The molecule has 0 bridgehead atoms. The number of imide groups is 1. The zero-order valence-electron chi connectivity index (χ0n) is 20.6. The van der Waals surface area contributed by atoms with Crippen LogP contribution in [0.1, 0.15) is 27.5 Å². The average molecular weight is 539 g/mol. The lowest BCUT2D eigenvalue weighted by atomic mass is 9.90. The number of carbonyl (C=O) groups is 3. The topological polar surface area (TPSA) is 76.2 Å². The lowest BCUT2D eigenvalue weighted by Gasteiger charge is -2.29. The fourth-order valence-corrected chi connectivity index (χ4v) is 5.14. The largest absolute Gasteiger partial charge is 0.423 e. The van der Waals surface area contributed by atoms with Gasteiger partial charge in [0.25, 0.3) is 5.91 Å². The summed E-state index contributed by atoms with van der Waals surface area (Å²) in [5.41, 5.74) is 2.69. The number of carbonyl (C=O) groups excluding carboxylic acids is 3. The van der Waals surface area contributed by atoms with Crippen LogP contribution in [-0.4, -0.2) is 28.8 Å². The third kappa shape index (κ3) is 4.78. The third-order valence-corrected chi connectivity index (χ3v) is 7.16. The van der Waals surface area contributed by atoms with E-state index >= 15 is 0 Å². The zero-order chi connectivity index (χ0) is 26.9. The lowest BCUT2D eigenvalue weighted by Crippen LogP contribution is -2.36. The van der Waals surface area contributed by atoms with Crippen LogP contribution in [0, 0.1) is 5.92 Å². The number of likely N-dealkylation sites (tertiary alicyclic amines) is 1. The predicted octanol–water partition coefficient (Wildman–Crippen LogP) is 5.61. The number of benzene rings is 4. The maximum atomic E-state index is 13.7. The van der Waals surface area contributed by atoms with E-state index in [0.29, 0.717) is 22.0 Å². The fourth-order valence-electron chi connectivity index (χ4n) is 5.02. The highest BCUT2D eigenvalue weighted by atomic mass is 35.5. The molecule has 39 heavy (non-hydrogen) atoms. The van der Waals surface area contributed by atoms with Gasteiger partial charge in [-0.2, -0.15) is 0 Å². The molecule has 0 N–H and O–H groups in total. The molecule has 3 atom stereocenters. The standard InChI is InChI=1S/C31H23ClN2O5/c32-23-13-15-24(16-14-23)34-27(21-11-17-25(18-12-21)38-31(37)22-9-5-2-6-10-22)26-28(39-34)30(36)33(29(26)35)19-20-7-3-1-4-8-20/h1-18,26-28H,19H2/t26-,27+,28-/m0/s1. The molecule has 0 spiro atoms. The van der Waals surface area contributed by atoms with Gasteiger partial charge >= 0.3 is 5.97 Å². The van der Waals surface area contributed by atoms with Gasteiger partial charge in [-0.3, -0.25) is 19.3 Å². The molecule has 194 valence electrons. The molecule has 0 unspecified atom stereocenters. The first-order chi connectivity index (χ1) is 19.0. The van der Waals surface area contributed by atoms with E-state index in [9.17, 15) is 14.4 Å². The van der Waals surface area contributed by atoms with Gasteiger partial charge in [0.15, 0.2) is 6.10 Å². The maximum absolute atomic E-state index is 13.7. The summed E-state index contributed by atoms with van der Waals surface area (Å²) in [6, 6.07) is 31.4. The van der Waals surface area contributed by atoms with Crippen molar-refractivity contribution in [1.82, 2.24) is 4.90 Å². The number of fused-ring (bicyclic) bond motifs is 1. The Kier molecular flexibility index (Phi) is 6.60. The van der Waals surface area contributed by atoms with E-state index in [1.807, 2.05) is 36.4 Å². The number of hydrogen-bond acceptors (Lipinski definition) is 6. The SMILES string of the molecule is O=C(Oc1ccc([C@@H]2[C@@H]3C(=O)N(Cc4ccccc4)C(=O)[C@H]3ON2c2ccc(Cl)cc2)cc1)c1ccccc1. The van der Waals surface area contributed by atoms with Crippen molar-refractivity contribution in [2.45, 2.75) is 18.7 Å². The van der Waals surface area contributed by atoms with Crippen molar-refractivity contribution in [3.8, 4) is 5.75 Å². The molecule has 4 aromatic carbocycles. The Bertz CT molecular complexity index is 1510. The molecule has 2 saturated heterocycles. The van der Waals surface area contributed by atoms with E-state index < -0.39 is 24.0 Å². The van der Waals surface area contributed by atoms with E-state index in [2.05, 4.69) is 0 Å². The summed E-state index contributed by atoms with van der Waals surface area (Å²) >= 11 is 6.10. The molecule has 4 aromatic rings. The van der Waals surface area contributed by atoms with Crippen molar-refractivity contribution in [3.63, 3.8) is 0 Å². The van der Waals surface area contributed by atoms with Crippen LogP contribution in [0.5, 0.6) is 5.75 Å². The van der Waals surface area contributed by atoms with Crippen molar-refractivity contribution >= 4 is 35.1 Å². The molecule has 8 heteroatoms. The Morgan fingerprint density at radius 3 is 2.10 bits per heavy atom. The van der Waals surface area contributed by atoms with Crippen LogP contribution < -0.4 is 9.80 Å². The highest BCUT2D eigenvalue weighted by Crippen LogP contribution is 2.47. The summed E-state index contributed by atoms with van der Waals surface area (Å²) in [5, 5.41) is 2.16.